The third-order valence-electron chi connectivity index (χ3n) is 2.64. The van der Waals surface area contributed by atoms with E-state index in [0.717, 1.165) is 23.2 Å². The van der Waals surface area contributed by atoms with E-state index < -0.39 is 0 Å². The van der Waals surface area contributed by atoms with Gasteiger partial charge in [0.2, 0.25) is 0 Å². The van der Waals surface area contributed by atoms with E-state index in [1.54, 1.807) is 11.8 Å². The van der Waals surface area contributed by atoms with Gasteiger partial charge in [-0.2, -0.15) is 11.8 Å². The SMILES string of the molecule is CSCC(CCO)NCc1ccc(C)cc1Br. The van der Waals surface area contributed by atoms with Gasteiger partial charge in [-0.1, -0.05) is 28.1 Å². The van der Waals surface area contributed by atoms with Crippen molar-refractivity contribution in [2.75, 3.05) is 18.6 Å². The first-order valence-electron chi connectivity index (χ1n) is 5.75. The van der Waals surface area contributed by atoms with E-state index in [2.05, 4.69) is 52.6 Å². The first kappa shape index (κ1) is 15.0. The van der Waals surface area contributed by atoms with Crippen LogP contribution in [0.15, 0.2) is 22.7 Å². The molecule has 1 atom stereocenters. The van der Waals surface area contributed by atoms with E-state index in [9.17, 15) is 0 Å². The third kappa shape index (κ3) is 5.42. The predicted molar refractivity (Wildman–Crippen MR) is 79.6 cm³/mol. The Kier molecular flexibility index (Phi) is 7.19. The molecular weight excluding hydrogens is 298 g/mol. The van der Waals surface area contributed by atoms with Crippen LogP contribution in [0.4, 0.5) is 0 Å². The van der Waals surface area contributed by atoms with Gasteiger partial charge in [0.1, 0.15) is 0 Å². The van der Waals surface area contributed by atoms with Crippen molar-refractivity contribution in [3.63, 3.8) is 0 Å². The van der Waals surface area contributed by atoms with Gasteiger partial charge in [0, 0.05) is 29.4 Å². The molecule has 0 heterocycles. The summed E-state index contributed by atoms with van der Waals surface area (Å²) in [6, 6.07) is 6.77. The summed E-state index contributed by atoms with van der Waals surface area (Å²) < 4.78 is 1.15. The molecule has 0 radical (unpaired) electrons. The lowest BCUT2D eigenvalue weighted by Crippen LogP contribution is -2.31. The zero-order chi connectivity index (χ0) is 12.7. The molecule has 4 heteroatoms. The van der Waals surface area contributed by atoms with Crippen LogP contribution in [0.1, 0.15) is 17.5 Å². The summed E-state index contributed by atoms with van der Waals surface area (Å²) in [4.78, 5) is 0. The van der Waals surface area contributed by atoms with E-state index in [-0.39, 0.29) is 6.61 Å². The molecule has 1 aromatic rings. The lowest BCUT2D eigenvalue weighted by atomic mass is 10.1. The van der Waals surface area contributed by atoms with Gasteiger partial charge < -0.3 is 10.4 Å². The van der Waals surface area contributed by atoms with Crippen molar-refractivity contribution in [2.45, 2.75) is 25.9 Å². The number of aliphatic hydroxyl groups excluding tert-OH is 1. The molecule has 17 heavy (non-hydrogen) atoms. The van der Waals surface area contributed by atoms with Crippen LogP contribution in [0.5, 0.6) is 0 Å². The fraction of sp³-hybridized carbons (Fsp3) is 0.538. The summed E-state index contributed by atoms with van der Waals surface area (Å²) >= 11 is 5.39. The molecule has 0 amide bonds. The van der Waals surface area contributed by atoms with Crippen molar-refractivity contribution in [2.24, 2.45) is 0 Å². The summed E-state index contributed by atoms with van der Waals surface area (Å²) in [7, 11) is 0. The van der Waals surface area contributed by atoms with Crippen LogP contribution in [0.25, 0.3) is 0 Å². The highest BCUT2D eigenvalue weighted by atomic mass is 79.9. The molecule has 0 saturated heterocycles. The third-order valence-corrected chi connectivity index (χ3v) is 4.11. The monoisotopic (exact) mass is 317 g/mol. The predicted octanol–water partition coefficient (Wildman–Crippen LogP) is 2.96. The van der Waals surface area contributed by atoms with E-state index in [1.807, 2.05) is 0 Å². The number of benzene rings is 1. The average Bonchev–Trinajstić information content (AvgIpc) is 2.28. The van der Waals surface area contributed by atoms with Crippen molar-refractivity contribution in [1.29, 1.82) is 0 Å². The fourth-order valence-corrected chi connectivity index (χ4v) is 2.97. The quantitative estimate of drug-likeness (QED) is 0.811. The second kappa shape index (κ2) is 8.14. The highest BCUT2D eigenvalue weighted by Crippen LogP contribution is 2.18. The minimum atomic E-state index is 0.243. The Morgan fingerprint density at radius 2 is 2.24 bits per heavy atom. The Balaban J connectivity index is 2.52. The van der Waals surface area contributed by atoms with Crippen LogP contribution in [-0.2, 0) is 6.54 Å². The largest absolute Gasteiger partial charge is 0.396 e. The lowest BCUT2D eigenvalue weighted by molar-refractivity contribution is 0.269. The van der Waals surface area contributed by atoms with Gasteiger partial charge >= 0.3 is 0 Å². The highest BCUT2D eigenvalue weighted by Gasteiger charge is 2.07. The van der Waals surface area contributed by atoms with Gasteiger partial charge in [-0.05, 0) is 36.8 Å². The smallest absolute Gasteiger partial charge is 0.0446 e. The summed E-state index contributed by atoms with van der Waals surface area (Å²) in [5, 5.41) is 12.5. The number of nitrogens with one attached hydrogen (secondary N) is 1. The Morgan fingerprint density at radius 3 is 2.82 bits per heavy atom. The molecule has 0 aliphatic carbocycles. The topological polar surface area (TPSA) is 32.3 Å². The standard InChI is InChI=1S/C13H20BrNOS/c1-10-3-4-11(13(14)7-10)8-15-12(5-6-16)9-17-2/h3-4,7,12,15-16H,5-6,8-9H2,1-2H3. The number of hydrogen-bond acceptors (Lipinski definition) is 3. The van der Waals surface area contributed by atoms with Crippen molar-refractivity contribution in [3.8, 4) is 0 Å². The Hall–Kier alpha value is -0.0300. The summed E-state index contributed by atoms with van der Waals surface area (Å²) in [6.07, 6.45) is 2.90. The Labute approximate surface area is 116 Å². The number of hydrogen-bond donors (Lipinski definition) is 2. The maximum atomic E-state index is 8.99. The van der Waals surface area contributed by atoms with Gasteiger partial charge in [0.25, 0.3) is 0 Å². The second-order valence-corrected chi connectivity index (χ2v) is 5.91. The maximum Gasteiger partial charge on any atom is 0.0446 e. The summed E-state index contributed by atoms with van der Waals surface area (Å²) in [5.41, 5.74) is 2.52. The van der Waals surface area contributed by atoms with Crippen molar-refractivity contribution in [1.82, 2.24) is 5.32 Å². The van der Waals surface area contributed by atoms with Crippen LogP contribution in [0.3, 0.4) is 0 Å². The molecule has 0 fully saturated rings. The van der Waals surface area contributed by atoms with Crippen LogP contribution >= 0.6 is 27.7 Å². The zero-order valence-electron chi connectivity index (χ0n) is 10.4. The van der Waals surface area contributed by atoms with Crippen LogP contribution < -0.4 is 5.32 Å². The summed E-state index contributed by atoms with van der Waals surface area (Å²) in [6.45, 7) is 3.17. The number of aliphatic hydroxyl groups is 1. The van der Waals surface area contributed by atoms with Gasteiger partial charge in [-0.25, -0.2) is 0 Å². The molecule has 0 spiro atoms. The first-order valence-corrected chi connectivity index (χ1v) is 7.94. The first-order chi connectivity index (χ1) is 8.17. The van der Waals surface area contributed by atoms with E-state index in [4.69, 9.17) is 5.11 Å². The zero-order valence-corrected chi connectivity index (χ0v) is 12.8. The minimum absolute atomic E-state index is 0.243. The summed E-state index contributed by atoms with van der Waals surface area (Å²) in [5.74, 6) is 1.03. The molecule has 0 bridgehead atoms. The molecule has 1 rings (SSSR count). The van der Waals surface area contributed by atoms with Gasteiger partial charge in [0.05, 0.1) is 0 Å². The highest BCUT2D eigenvalue weighted by molar-refractivity contribution is 9.10. The van der Waals surface area contributed by atoms with E-state index in [0.29, 0.717) is 6.04 Å². The van der Waals surface area contributed by atoms with Crippen molar-refractivity contribution < 1.29 is 5.11 Å². The van der Waals surface area contributed by atoms with Gasteiger partial charge in [-0.3, -0.25) is 0 Å². The van der Waals surface area contributed by atoms with E-state index >= 15 is 0 Å². The lowest BCUT2D eigenvalue weighted by Gasteiger charge is -2.17. The molecular formula is C13H20BrNOS. The second-order valence-electron chi connectivity index (χ2n) is 4.14. The molecule has 1 aromatic carbocycles. The molecule has 0 aliphatic heterocycles. The normalized spacial score (nSPS) is 12.7. The number of rotatable bonds is 7. The Bertz CT molecular complexity index is 340. The molecule has 96 valence electrons. The fourth-order valence-electron chi connectivity index (χ4n) is 1.65. The van der Waals surface area contributed by atoms with Gasteiger partial charge in [0.15, 0.2) is 0 Å². The Morgan fingerprint density at radius 1 is 1.47 bits per heavy atom. The molecule has 1 unspecified atom stereocenters. The number of aryl methyl sites for hydroxylation is 1. The number of thioether (sulfide) groups is 1. The van der Waals surface area contributed by atoms with Crippen LogP contribution in [0, 0.1) is 6.92 Å². The van der Waals surface area contributed by atoms with E-state index in [1.165, 1.54) is 11.1 Å². The van der Waals surface area contributed by atoms with Crippen LogP contribution in [-0.4, -0.2) is 29.8 Å². The molecule has 2 nitrogen and oxygen atoms in total. The number of halogens is 1. The molecule has 0 aromatic heterocycles. The molecule has 0 aliphatic rings. The minimum Gasteiger partial charge on any atom is -0.396 e. The van der Waals surface area contributed by atoms with Crippen LogP contribution in [0.2, 0.25) is 0 Å². The molecule has 2 N–H and O–H groups in total. The maximum absolute atomic E-state index is 8.99. The molecule has 0 saturated carbocycles. The average molecular weight is 318 g/mol. The van der Waals surface area contributed by atoms with Crippen molar-refractivity contribution in [3.05, 3.63) is 33.8 Å². The van der Waals surface area contributed by atoms with Gasteiger partial charge in [-0.15, -0.1) is 0 Å². The van der Waals surface area contributed by atoms with Crippen molar-refractivity contribution >= 4 is 27.7 Å².